The average molecular weight is 367 g/mol. The summed E-state index contributed by atoms with van der Waals surface area (Å²) in [6.45, 7) is 0. The Balaban J connectivity index is 1.65. The Bertz CT molecular complexity index is 816. The fourth-order valence-corrected chi connectivity index (χ4v) is 3.14. The second kappa shape index (κ2) is 7.14. The molecule has 0 spiro atoms. The molecule has 1 N–H and O–H groups in total. The summed E-state index contributed by atoms with van der Waals surface area (Å²) in [5, 5.41) is 9.98. The van der Waals surface area contributed by atoms with Crippen LogP contribution in [0, 0.1) is 0 Å². The number of alkyl halides is 3. The molecule has 0 radical (unpaired) electrons. The van der Waals surface area contributed by atoms with Gasteiger partial charge in [0.25, 0.3) is 0 Å². The number of hydrogen-bond acceptors (Lipinski definition) is 5. The van der Waals surface area contributed by atoms with Crippen LogP contribution in [0.2, 0.25) is 0 Å². The Labute approximate surface area is 145 Å². The van der Waals surface area contributed by atoms with Crippen molar-refractivity contribution in [2.45, 2.75) is 17.8 Å². The minimum atomic E-state index is -4.41. The average Bonchev–Trinajstić information content (AvgIpc) is 3.18. The lowest BCUT2D eigenvalue weighted by atomic mass is 10.1. The molecule has 0 saturated carbocycles. The van der Waals surface area contributed by atoms with Gasteiger partial charge in [-0.1, -0.05) is 30.0 Å². The molecule has 1 aliphatic rings. The molecule has 2 heterocycles. The third-order valence-corrected chi connectivity index (χ3v) is 4.40. The van der Waals surface area contributed by atoms with E-state index in [1.807, 2.05) is 0 Å². The van der Waals surface area contributed by atoms with Gasteiger partial charge >= 0.3 is 6.18 Å². The monoisotopic (exact) mass is 367 g/mol. The van der Waals surface area contributed by atoms with Gasteiger partial charge in [-0.25, -0.2) is 0 Å². The molecule has 0 aliphatic carbocycles. The third kappa shape index (κ3) is 4.50. The molecular weight excluding hydrogens is 355 g/mol. The summed E-state index contributed by atoms with van der Waals surface area (Å²) in [4.78, 5) is 12.0. The fraction of sp³-hybridized carbons (Fsp3) is 0.188. The van der Waals surface area contributed by atoms with Crippen LogP contribution < -0.4 is 5.32 Å². The summed E-state index contributed by atoms with van der Waals surface area (Å²) in [5.74, 6) is 0.202. The van der Waals surface area contributed by atoms with Gasteiger partial charge in [0.05, 0.1) is 23.3 Å². The van der Waals surface area contributed by atoms with Crippen molar-refractivity contribution in [1.82, 2.24) is 5.32 Å². The minimum absolute atomic E-state index is 0.168. The molecule has 1 aromatic carbocycles. The zero-order chi connectivity index (χ0) is 17.9. The summed E-state index contributed by atoms with van der Waals surface area (Å²) in [5.41, 5.74) is -0.298. The van der Waals surface area contributed by atoms with Crippen molar-refractivity contribution in [2.75, 3.05) is 0 Å². The first-order valence-corrected chi connectivity index (χ1v) is 8.08. The Hall–Kier alpha value is -2.55. The maximum atomic E-state index is 12.7. The quantitative estimate of drug-likeness (QED) is 0.665. The lowest BCUT2D eigenvalue weighted by Crippen LogP contribution is -2.26. The summed E-state index contributed by atoms with van der Waals surface area (Å²) in [7, 11) is 0. The number of carbonyl (C=O) groups is 1. The van der Waals surface area contributed by atoms with Crippen LogP contribution >= 0.6 is 11.8 Å². The molecule has 1 atom stereocenters. The molecule has 3 rings (SSSR count). The number of furan rings is 1. The van der Waals surface area contributed by atoms with Gasteiger partial charge in [0.2, 0.25) is 5.91 Å². The van der Waals surface area contributed by atoms with Crippen molar-refractivity contribution in [1.29, 1.82) is 0 Å². The molecule has 1 unspecified atom stereocenters. The molecule has 9 heteroatoms. The highest BCUT2D eigenvalue weighted by Crippen LogP contribution is 2.31. The van der Waals surface area contributed by atoms with Crippen LogP contribution in [-0.2, 0) is 17.4 Å². The predicted octanol–water partition coefficient (Wildman–Crippen LogP) is 3.46. The largest absolute Gasteiger partial charge is 0.463 e. The van der Waals surface area contributed by atoms with Crippen LogP contribution in [0.3, 0.4) is 0 Å². The highest BCUT2D eigenvalue weighted by molar-refractivity contribution is 8.15. The van der Waals surface area contributed by atoms with Gasteiger partial charge in [-0.15, -0.1) is 5.10 Å². The minimum Gasteiger partial charge on any atom is -0.463 e. The Morgan fingerprint density at radius 1 is 1.28 bits per heavy atom. The van der Waals surface area contributed by atoms with Crippen molar-refractivity contribution >= 4 is 29.1 Å². The van der Waals surface area contributed by atoms with Crippen molar-refractivity contribution in [3.8, 4) is 0 Å². The molecular formula is C16H12F3N3O2S. The first kappa shape index (κ1) is 17.3. The number of benzene rings is 1. The van der Waals surface area contributed by atoms with E-state index >= 15 is 0 Å². The second-order valence-corrected chi connectivity index (χ2v) is 6.35. The van der Waals surface area contributed by atoms with Crippen molar-refractivity contribution in [3.05, 3.63) is 59.5 Å². The summed E-state index contributed by atoms with van der Waals surface area (Å²) in [6, 6.07) is 8.34. The normalized spacial score (nSPS) is 19.7. The van der Waals surface area contributed by atoms with Gasteiger partial charge in [-0.2, -0.15) is 18.3 Å². The predicted molar refractivity (Wildman–Crippen MR) is 88.4 cm³/mol. The number of amidine groups is 1. The van der Waals surface area contributed by atoms with Crippen LogP contribution in [-0.4, -0.2) is 22.5 Å². The van der Waals surface area contributed by atoms with Crippen LogP contribution in [0.4, 0.5) is 13.2 Å². The molecule has 0 bridgehead atoms. The van der Waals surface area contributed by atoms with E-state index in [2.05, 4.69) is 15.5 Å². The highest BCUT2D eigenvalue weighted by Gasteiger charge is 2.33. The number of hydrogen-bond donors (Lipinski definition) is 1. The summed E-state index contributed by atoms with van der Waals surface area (Å²) in [6.07, 6.45) is -1.36. The number of halogens is 3. The third-order valence-electron chi connectivity index (χ3n) is 3.33. The Kier molecular flexibility index (Phi) is 4.93. The maximum Gasteiger partial charge on any atom is 0.416 e. The molecule has 1 amide bonds. The second-order valence-electron chi connectivity index (χ2n) is 5.16. The van der Waals surface area contributed by atoms with Crippen LogP contribution in [0.1, 0.15) is 16.9 Å². The van der Waals surface area contributed by atoms with Crippen molar-refractivity contribution in [3.63, 3.8) is 0 Å². The van der Waals surface area contributed by atoms with Gasteiger partial charge in [-0.05, 0) is 30.2 Å². The van der Waals surface area contributed by atoms with Crippen LogP contribution in [0.5, 0.6) is 0 Å². The number of rotatable bonds is 4. The number of thioether (sulfide) groups is 1. The number of amides is 1. The fourth-order valence-electron chi connectivity index (χ4n) is 2.18. The van der Waals surface area contributed by atoms with Gasteiger partial charge in [0.1, 0.15) is 5.76 Å². The van der Waals surface area contributed by atoms with E-state index in [9.17, 15) is 18.0 Å². The van der Waals surface area contributed by atoms with E-state index in [1.54, 1.807) is 18.2 Å². The van der Waals surface area contributed by atoms with E-state index in [1.165, 1.54) is 18.5 Å². The highest BCUT2D eigenvalue weighted by atomic mass is 32.2. The van der Waals surface area contributed by atoms with E-state index in [0.29, 0.717) is 16.5 Å². The summed E-state index contributed by atoms with van der Waals surface area (Å²) < 4.78 is 43.3. The number of carbonyl (C=O) groups excluding carboxylic acids is 1. The van der Waals surface area contributed by atoms with Gasteiger partial charge in [-0.3, -0.25) is 4.79 Å². The Morgan fingerprint density at radius 2 is 2.12 bits per heavy atom. The molecule has 25 heavy (non-hydrogen) atoms. The zero-order valence-corrected chi connectivity index (χ0v) is 13.5. The molecule has 1 aliphatic heterocycles. The van der Waals surface area contributed by atoms with Crippen molar-refractivity contribution < 1.29 is 22.4 Å². The first-order chi connectivity index (χ1) is 11.9. The topological polar surface area (TPSA) is 67.0 Å². The zero-order valence-electron chi connectivity index (χ0n) is 12.7. The standard InChI is InChI=1S/C16H12F3N3O2S/c17-16(18,19)11-4-1-3-10(7-11)8-13-14(23)21-15(25-13)22-20-9-12-5-2-6-24-12/h1-7,9,13H,8H2,(H,21,22,23)/b20-9-. The van der Waals surface area contributed by atoms with E-state index < -0.39 is 17.0 Å². The molecule has 130 valence electrons. The molecule has 2 aromatic rings. The Morgan fingerprint density at radius 3 is 2.84 bits per heavy atom. The molecule has 1 saturated heterocycles. The molecule has 5 nitrogen and oxygen atoms in total. The first-order valence-electron chi connectivity index (χ1n) is 7.20. The number of nitrogens with zero attached hydrogens (tertiary/aromatic N) is 2. The lowest BCUT2D eigenvalue weighted by molar-refractivity contribution is -0.137. The van der Waals surface area contributed by atoms with Crippen molar-refractivity contribution in [2.24, 2.45) is 10.2 Å². The SMILES string of the molecule is O=C1N/C(=N/N=C\c2ccco2)SC1Cc1cccc(C(F)(F)F)c1. The van der Waals surface area contributed by atoms with E-state index in [4.69, 9.17) is 4.42 Å². The van der Waals surface area contributed by atoms with Crippen LogP contribution in [0.15, 0.2) is 57.3 Å². The maximum absolute atomic E-state index is 12.7. The lowest BCUT2D eigenvalue weighted by Gasteiger charge is -2.10. The number of nitrogens with one attached hydrogen (secondary N) is 1. The van der Waals surface area contributed by atoms with Gasteiger partial charge < -0.3 is 9.73 Å². The summed E-state index contributed by atoms with van der Waals surface area (Å²) >= 11 is 1.13. The van der Waals surface area contributed by atoms with Crippen LogP contribution in [0.25, 0.3) is 0 Å². The molecule has 1 fully saturated rings. The van der Waals surface area contributed by atoms with E-state index in [-0.39, 0.29) is 12.3 Å². The van der Waals surface area contributed by atoms with E-state index in [0.717, 1.165) is 23.9 Å². The van der Waals surface area contributed by atoms with Gasteiger partial charge in [0.15, 0.2) is 5.17 Å². The smallest absolute Gasteiger partial charge is 0.416 e. The molecule has 1 aromatic heterocycles. The van der Waals surface area contributed by atoms with Gasteiger partial charge in [0, 0.05) is 0 Å².